The molecular formula is C17H20ClN3O3. The van der Waals surface area contributed by atoms with Crippen LogP contribution in [0, 0.1) is 10.1 Å². The van der Waals surface area contributed by atoms with Gasteiger partial charge in [-0.15, -0.1) is 0 Å². The number of non-ortho nitro benzene ring substituents is 1. The van der Waals surface area contributed by atoms with Crippen LogP contribution in [0.3, 0.4) is 0 Å². The van der Waals surface area contributed by atoms with Crippen LogP contribution in [0.1, 0.15) is 11.6 Å². The normalized spacial score (nSPS) is 12.0. The van der Waals surface area contributed by atoms with E-state index in [1.165, 1.54) is 12.1 Å². The average molecular weight is 350 g/mol. The van der Waals surface area contributed by atoms with Gasteiger partial charge in [-0.2, -0.15) is 0 Å². The maximum absolute atomic E-state index is 10.8. The van der Waals surface area contributed by atoms with Gasteiger partial charge in [0.25, 0.3) is 5.69 Å². The summed E-state index contributed by atoms with van der Waals surface area (Å²) in [7, 11) is 5.62. The summed E-state index contributed by atoms with van der Waals surface area (Å²) >= 11 is 6.13. The summed E-state index contributed by atoms with van der Waals surface area (Å²) in [6, 6.07) is 12.4. The molecule has 2 rings (SSSR count). The standard InChI is InChI=1S/C17H20ClN3O3/c1-20(2)17(12-4-7-14(24-3)8-5-12)11-19-16-9-6-13(21(22)23)10-15(16)18/h4-10,17,19H,11H2,1-3H3/t17-/m1/s1. The number of ether oxygens (including phenoxy) is 1. The fourth-order valence-corrected chi connectivity index (χ4v) is 2.63. The molecular weight excluding hydrogens is 330 g/mol. The second-order valence-electron chi connectivity index (χ2n) is 5.55. The van der Waals surface area contributed by atoms with Gasteiger partial charge in [0.05, 0.1) is 28.8 Å². The van der Waals surface area contributed by atoms with Crippen molar-refractivity contribution in [1.82, 2.24) is 4.90 Å². The summed E-state index contributed by atoms with van der Waals surface area (Å²) in [6.45, 7) is 0.608. The molecule has 0 aliphatic rings. The molecule has 0 amide bonds. The fourth-order valence-electron chi connectivity index (χ4n) is 2.39. The molecule has 128 valence electrons. The summed E-state index contributed by atoms with van der Waals surface area (Å²) in [6.07, 6.45) is 0. The summed E-state index contributed by atoms with van der Waals surface area (Å²) < 4.78 is 5.18. The number of nitrogens with zero attached hydrogens (tertiary/aromatic N) is 2. The molecule has 2 aromatic rings. The second-order valence-corrected chi connectivity index (χ2v) is 5.96. The lowest BCUT2D eigenvalue weighted by Gasteiger charge is -2.26. The SMILES string of the molecule is COc1ccc([C@@H](CNc2ccc([N+](=O)[O-])cc2Cl)N(C)C)cc1. The largest absolute Gasteiger partial charge is 0.497 e. The highest BCUT2D eigenvalue weighted by molar-refractivity contribution is 6.33. The molecule has 0 heterocycles. The van der Waals surface area contributed by atoms with E-state index >= 15 is 0 Å². The van der Waals surface area contributed by atoms with Crippen LogP contribution in [0.5, 0.6) is 5.75 Å². The van der Waals surface area contributed by atoms with E-state index < -0.39 is 4.92 Å². The molecule has 0 bridgehead atoms. The fraction of sp³-hybridized carbons (Fsp3) is 0.294. The van der Waals surface area contributed by atoms with Gasteiger partial charge in [0.2, 0.25) is 0 Å². The Morgan fingerprint density at radius 2 is 1.92 bits per heavy atom. The lowest BCUT2D eigenvalue weighted by Crippen LogP contribution is -2.26. The van der Waals surface area contributed by atoms with Crippen molar-refractivity contribution in [1.29, 1.82) is 0 Å². The molecule has 0 radical (unpaired) electrons. The number of nitrogens with one attached hydrogen (secondary N) is 1. The Morgan fingerprint density at radius 3 is 2.42 bits per heavy atom. The smallest absolute Gasteiger partial charge is 0.271 e. The molecule has 6 nitrogen and oxygen atoms in total. The van der Waals surface area contributed by atoms with Crippen LogP contribution in [0.2, 0.25) is 5.02 Å². The first-order chi connectivity index (χ1) is 11.4. The molecule has 1 N–H and O–H groups in total. The number of nitro benzene ring substituents is 1. The van der Waals surface area contributed by atoms with Crippen LogP contribution in [0.25, 0.3) is 0 Å². The average Bonchev–Trinajstić information content (AvgIpc) is 2.56. The molecule has 0 aliphatic carbocycles. The van der Waals surface area contributed by atoms with Crippen LogP contribution < -0.4 is 10.1 Å². The number of anilines is 1. The number of hydrogen-bond acceptors (Lipinski definition) is 5. The molecule has 1 atom stereocenters. The Kier molecular flexibility index (Phi) is 6.00. The number of likely N-dealkylation sites (N-methyl/N-ethyl adjacent to an activating group) is 1. The van der Waals surface area contributed by atoms with E-state index in [1.807, 2.05) is 38.4 Å². The van der Waals surface area contributed by atoms with Gasteiger partial charge in [-0.25, -0.2) is 0 Å². The van der Waals surface area contributed by atoms with E-state index in [0.29, 0.717) is 17.3 Å². The van der Waals surface area contributed by atoms with E-state index in [4.69, 9.17) is 16.3 Å². The summed E-state index contributed by atoms with van der Waals surface area (Å²) in [5.41, 5.74) is 1.78. The molecule has 0 aromatic heterocycles. The quantitative estimate of drug-likeness (QED) is 0.605. The molecule has 0 saturated carbocycles. The highest BCUT2D eigenvalue weighted by Gasteiger charge is 2.15. The molecule has 0 fully saturated rings. The first kappa shape index (κ1) is 18.0. The highest BCUT2D eigenvalue weighted by atomic mass is 35.5. The minimum atomic E-state index is -0.463. The highest BCUT2D eigenvalue weighted by Crippen LogP contribution is 2.28. The van der Waals surface area contributed by atoms with E-state index in [1.54, 1.807) is 13.2 Å². The summed E-state index contributed by atoms with van der Waals surface area (Å²) in [5.74, 6) is 0.808. The van der Waals surface area contributed by atoms with E-state index in [-0.39, 0.29) is 11.7 Å². The van der Waals surface area contributed by atoms with Crippen molar-refractivity contribution in [2.75, 3.05) is 33.1 Å². The van der Waals surface area contributed by atoms with E-state index in [0.717, 1.165) is 11.3 Å². The second kappa shape index (κ2) is 7.99. The Morgan fingerprint density at radius 1 is 1.25 bits per heavy atom. The zero-order valence-electron chi connectivity index (χ0n) is 13.8. The molecule has 2 aromatic carbocycles. The van der Waals surface area contributed by atoms with Crippen molar-refractivity contribution in [3.63, 3.8) is 0 Å². The lowest BCUT2D eigenvalue weighted by molar-refractivity contribution is -0.384. The Balaban J connectivity index is 2.12. The minimum absolute atomic E-state index is 0.0233. The molecule has 7 heteroatoms. The van der Waals surface area contributed by atoms with Gasteiger partial charge >= 0.3 is 0 Å². The third-order valence-corrected chi connectivity index (χ3v) is 4.09. The number of nitro groups is 1. The maximum Gasteiger partial charge on any atom is 0.271 e. The van der Waals surface area contributed by atoms with Gasteiger partial charge in [-0.3, -0.25) is 10.1 Å². The third kappa shape index (κ3) is 4.37. The minimum Gasteiger partial charge on any atom is -0.497 e. The molecule has 24 heavy (non-hydrogen) atoms. The topological polar surface area (TPSA) is 67.6 Å². The Hall–Kier alpha value is -2.31. The van der Waals surface area contributed by atoms with Crippen molar-refractivity contribution in [3.8, 4) is 5.75 Å². The van der Waals surface area contributed by atoms with E-state index in [9.17, 15) is 10.1 Å². The van der Waals surface area contributed by atoms with Gasteiger partial charge in [-0.05, 0) is 37.9 Å². The van der Waals surface area contributed by atoms with Crippen molar-refractivity contribution in [2.24, 2.45) is 0 Å². The van der Waals surface area contributed by atoms with Crippen molar-refractivity contribution >= 4 is 23.0 Å². The predicted molar refractivity (Wildman–Crippen MR) is 96.0 cm³/mol. The zero-order chi connectivity index (χ0) is 17.7. The van der Waals surface area contributed by atoms with Crippen LogP contribution in [0.15, 0.2) is 42.5 Å². The van der Waals surface area contributed by atoms with Crippen LogP contribution in [-0.2, 0) is 0 Å². The van der Waals surface area contributed by atoms with Crippen molar-refractivity contribution < 1.29 is 9.66 Å². The zero-order valence-corrected chi connectivity index (χ0v) is 14.6. The third-order valence-electron chi connectivity index (χ3n) is 3.77. The Bertz CT molecular complexity index is 705. The summed E-state index contributed by atoms with van der Waals surface area (Å²) in [5, 5.41) is 14.4. The van der Waals surface area contributed by atoms with Gasteiger partial charge in [-0.1, -0.05) is 23.7 Å². The summed E-state index contributed by atoms with van der Waals surface area (Å²) in [4.78, 5) is 12.4. The molecule has 0 unspecified atom stereocenters. The van der Waals surface area contributed by atoms with E-state index in [2.05, 4.69) is 10.2 Å². The number of rotatable bonds is 7. The van der Waals surface area contributed by atoms with Crippen LogP contribution in [-0.4, -0.2) is 37.6 Å². The van der Waals surface area contributed by atoms with Gasteiger partial charge in [0, 0.05) is 18.7 Å². The van der Waals surface area contributed by atoms with Crippen LogP contribution >= 0.6 is 11.6 Å². The number of benzene rings is 2. The number of methoxy groups -OCH3 is 1. The van der Waals surface area contributed by atoms with Gasteiger partial charge in [0.1, 0.15) is 5.75 Å². The van der Waals surface area contributed by atoms with Gasteiger partial charge < -0.3 is 15.0 Å². The first-order valence-corrected chi connectivity index (χ1v) is 7.78. The number of halogens is 1. The van der Waals surface area contributed by atoms with Crippen molar-refractivity contribution in [3.05, 3.63) is 63.2 Å². The van der Waals surface area contributed by atoms with Gasteiger partial charge in [0.15, 0.2) is 0 Å². The number of hydrogen-bond donors (Lipinski definition) is 1. The van der Waals surface area contributed by atoms with Crippen LogP contribution in [0.4, 0.5) is 11.4 Å². The molecule has 0 aliphatic heterocycles. The maximum atomic E-state index is 10.8. The molecule has 0 spiro atoms. The lowest BCUT2D eigenvalue weighted by atomic mass is 10.1. The monoisotopic (exact) mass is 349 g/mol. The Labute approximate surface area is 146 Å². The molecule has 0 saturated heterocycles. The predicted octanol–water partition coefficient (Wildman–Crippen LogP) is 3.97. The van der Waals surface area contributed by atoms with Crippen molar-refractivity contribution in [2.45, 2.75) is 6.04 Å². The first-order valence-electron chi connectivity index (χ1n) is 7.40.